The van der Waals surface area contributed by atoms with Gasteiger partial charge in [0.1, 0.15) is 0 Å². The van der Waals surface area contributed by atoms with Crippen LogP contribution in [0.4, 0.5) is 0 Å². The highest BCUT2D eigenvalue weighted by molar-refractivity contribution is 5.50. The van der Waals surface area contributed by atoms with Crippen LogP contribution in [0, 0.1) is 5.92 Å². The summed E-state index contributed by atoms with van der Waals surface area (Å²) in [5.41, 5.74) is 2.86. The van der Waals surface area contributed by atoms with Crippen LogP contribution in [0.3, 0.4) is 0 Å². The van der Waals surface area contributed by atoms with Gasteiger partial charge >= 0.3 is 0 Å². The van der Waals surface area contributed by atoms with Gasteiger partial charge in [-0.25, -0.2) is 0 Å². The molecule has 2 heterocycles. The number of benzene rings is 1. The maximum Gasteiger partial charge on any atom is 0.0308 e. The van der Waals surface area contributed by atoms with Crippen LogP contribution in [-0.4, -0.2) is 36.6 Å². The molecule has 1 aliphatic carbocycles. The van der Waals surface area contributed by atoms with Crippen LogP contribution in [0.2, 0.25) is 0 Å². The lowest BCUT2D eigenvalue weighted by Crippen LogP contribution is -2.72. The smallest absolute Gasteiger partial charge is 0.0308 e. The topological polar surface area (TPSA) is 15.3 Å². The van der Waals surface area contributed by atoms with Gasteiger partial charge in [-0.15, -0.1) is 0 Å². The van der Waals surface area contributed by atoms with Gasteiger partial charge < -0.3 is 5.32 Å². The van der Waals surface area contributed by atoms with E-state index in [1.807, 2.05) is 0 Å². The van der Waals surface area contributed by atoms with Crippen LogP contribution in [0.5, 0.6) is 0 Å². The maximum absolute atomic E-state index is 3.59. The first-order valence-electron chi connectivity index (χ1n) is 8.06. The zero-order chi connectivity index (χ0) is 13.5. The second kappa shape index (κ2) is 5.01. The van der Waals surface area contributed by atoms with Gasteiger partial charge in [-0.1, -0.05) is 36.4 Å². The lowest BCUT2D eigenvalue weighted by molar-refractivity contribution is -0.0443. The maximum atomic E-state index is 3.59. The van der Waals surface area contributed by atoms with Gasteiger partial charge in [0.05, 0.1) is 0 Å². The van der Waals surface area contributed by atoms with E-state index in [1.165, 1.54) is 38.0 Å². The number of hydrogen-bond donors (Lipinski definition) is 1. The van der Waals surface area contributed by atoms with Crippen molar-refractivity contribution in [2.75, 3.05) is 19.6 Å². The molecule has 2 bridgehead atoms. The van der Waals surface area contributed by atoms with Gasteiger partial charge in [-0.2, -0.15) is 0 Å². The van der Waals surface area contributed by atoms with E-state index in [4.69, 9.17) is 0 Å². The molecule has 1 N–H and O–H groups in total. The highest BCUT2D eigenvalue weighted by Gasteiger charge is 2.51. The second-order valence-corrected chi connectivity index (χ2v) is 6.63. The molecule has 20 heavy (non-hydrogen) atoms. The summed E-state index contributed by atoms with van der Waals surface area (Å²) >= 11 is 0. The first-order chi connectivity index (χ1) is 9.86. The molecule has 1 saturated carbocycles. The summed E-state index contributed by atoms with van der Waals surface area (Å²) in [5, 5.41) is 3.59. The molecule has 1 aromatic carbocycles. The summed E-state index contributed by atoms with van der Waals surface area (Å²) < 4.78 is 0. The highest BCUT2D eigenvalue weighted by Crippen LogP contribution is 2.45. The molecule has 0 radical (unpaired) electrons. The van der Waals surface area contributed by atoms with Crippen LogP contribution < -0.4 is 5.32 Å². The third kappa shape index (κ3) is 2.11. The number of likely N-dealkylation sites (tertiary alicyclic amines) is 1. The fourth-order valence-electron chi connectivity index (χ4n) is 4.02. The SMILES string of the molecule is C/C=C/c1ccc(C2[C@H]3CNC[C@@H]2N3CC2CC2)cc1. The zero-order valence-electron chi connectivity index (χ0n) is 12.3. The fourth-order valence-corrected chi connectivity index (χ4v) is 4.02. The molecule has 4 rings (SSSR count). The molecule has 3 atom stereocenters. The molecule has 2 aliphatic heterocycles. The molecule has 106 valence electrons. The minimum Gasteiger partial charge on any atom is -0.314 e. The third-order valence-corrected chi connectivity index (χ3v) is 5.23. The Balaban J connectivity index is 1.50. The standard InChI is InChI=1S/C18H24N2/c1-2-3-13-6-8-15(9-7-13)18-16-10-19-11-17(18)20(16)12-14-4-5-14/h2-3,6-9,14,16-19H,4-5,10-12H2,1H3/b3-2+/t16-,17+,18?. The zero-order valence-corrected chi connectivity index (χ0v) is 12.3. The largest absolute Gasteiger partial charge is 0.314 e. The van der Waals surface area contributed by atoms with Crippen LogP contribution in [0.25, 0.3) is 6.08 Å². The molecular formula is C18H24N2. The average molecular weight is 268 g/mol. The lowest BCUT2D eigenvalue weighted by atomic mass is 9.72. The molecule has 3 aliphatic rings. The Kier molecular flexibility index (Phi) is 3.16. The van der Waals surface area contributed by atoms with Crippen LogP contribution in [-0.2, 0) is 0 Å². The summed E-state index contributed by atoms with van der Waals surface area (Å²) in [7, 11) is 0. The van der Waals surface area contributed by atoms with E-state index in [1.54, 1.807) is 5.56 Å². The first kappa shape index (κ1) is 12.6. The van der Waals surface area contributed by atoms with Crippen molar-refractivity contribution in [2.24, 2.45) is 5.92 Å². The van der Waals surface area contributed by atoms with Crippen LogP contribution in [0.1, 0.15) is 36.8 Å². The summed E-state index contributed by atoms with van der Waals surface area (Å²) in [6.45, 7) is 5.77. The summed E-state index contributed by atoms with van der Waals surface area (Å²) in [6, 6.07) is 10.7. The number of allylic oxidation sites excluding steroid dienone is 1. The van der Waals surface area contributed by atoms with E-state index in [9.17, 15) is 0 Å². The van der Waals surface area contributed by atoms with Gasteiger partial charge in [0, 0.05) is 37.6 Å². The molecule has 1 aromatic rings. The van der Waals surface area contributed by atoms with E-state index < -0.39 is 0 Å². The highest BCUT2D eigenvalue weighted by atomic mass is 15.3. The van der Waals surface area contributed by atoms with Crippen molar-refractivity contribution in [1.82, 2.24) is 10.2 Å². The fraction of sp³-hybridized carbons (Fsp3) is 0.556. The van der Waals surface area contributed by atoms with Gasteiger partial charge in [0.2, 0.25) is 0 Å². The molecule has 1 unspecified atom stereocenters. The van der Waals surface area contributed by atoms with E-state index >= 15 is 0 Å². The molecule has 0 aromatic heterocycles. The third-order valence-electron chi connectivity index (χ3n) is 5.23. The van der Waals surface area contributed by atoms with Gasteiger partial charge in [0.25, 0.3) is 0 Å². The monoisotopic (exact) mass is 268 g/mol. The van der Waals surface area contributed by atoms with Crippen molar-refractivity contribution in [1.29, 1.82) is 0 Å². The van der Waals surface area contributed by atoms with Gasteiger partial charge in [0.15, 0.2) is 0 Å². The molecule has 2 saturated heterocycles. The quantitative estimate of drug-likeness (QED) is 0.903. The Morgan fingerprint density at radius 1 is 1.15 bits per heavy atom. The first-order valence-corrected chi connectivity index (χ1v) is 8.06. The number of nitrogens with one attached hydrogen (secondary N) is 1. The Bertz CT molecular complexity index is 489. The summed E-state index contributed by atoms with van der Waals surface area (Å²) in [5.74, 6) is 1.77. The van der Waals surface area contributed by atoms with Crippen molar-refractivity contribution < 1.29 is 0 Å². The minimum absolute atomic E-state index is 0.738. The predicted molar refractivity (Wildman–Crippen MR) is 83.8 cm³/mol. The van der Waals surface area contributed by atoms with E-state index in [0.29, 0.717) is 0 Å². The van der Waals surface area contributed by atoms with Gasteiger partial charge in [-0.05, 0) is 36.8 Å². The molecule has 2 nitrogen and oxygen atoms in total. The summed E-state index contributed by atoms with van der Waals surface area (Å²) in [4.78, 5) is 2.78. The molecule has 0 spiro atoms. The summed E-state index contributed by atoms with van der Waals surface area (Å²) in [6.07, 6.45) is 7.21. The van der Waals surface area contributed by atoms with Crippen molar-refractivity contribution in [2.45, 2.75) is 37.8 Å². The molecule has 0 amide bonds. The Hall–Kier alpha value is -1.12. The number of piperazine rings is 1. The number of piperidine rings is 1. The molecular weight excluding hydrogens is 244 g/mol. The predicted octanol–water partition coefficient (Wildman–Crippen LogP) is 2.87. The number of fused-ring (bicyclic) bond motifs is 2. The van der Waals surface area contributed by atoms with E-state index in [-0.39, 0.29) is 0 Å². The van der Waals surface area contributed by atoms with Crippen LogP contribution in [0.15, 0.2) is 30.3 Å². The van der Waals surface area contributed by atoms with Gasteiger partial charge in [-0.3, -0.25) is 4.90 Å². The lowest BCUT2D eigenvalue weighted by Gasteiger charge is -2.59. The van der Waals surface area contributed by atoms with Crippen molar-refractivity contribution in [3.05, 3.63) is 41.5 Å². The van der Waals surface area contributed by atoms with E-state index in [2.05, 4.69) is 53.6 Å². The Morgan fingerprint density at radius 3 is 2.45 bits per heavy atom. The molecule has 3 fully saturated rings. The number of rotatable bonds is 4. The Morgan fingerprint density at radius 2 is 1.85 bits per heavy atom. The van der Waals surface area contributed by atoms with Crippen molar-refractivity contribution in [3.8, 4) is 0 Å². The van der Waals surface area contributed by atoms with Crippen LogP contribution >= 0.6 is 0 Å². The Labute approximate surface area is 121 Å². The molecule has 2 heteroatoms. The number of nitrogens with zero attached hydrogens (tertiary/aromatic N) is 1. The average Bonchev–Trinajstić information content (AvgIpc) is 3.30. The number of hydrogen-bond acceptors (Lipinski definition) is 2. The van der Waals surface area contributed by atoms with Crippen molar-refractivity contribution in [3.63, 3.8) is 0 Å². The minimum atomic E-state index is 0.738. The van der Waals surface area contributed by atoms with E-state index in [0.717, 1.165) is 23.9 Å². The van der Waals surface area contributed by atoms with Crippen molar-refractivity contribution >= 4 is 6.08 Å². The second-order valence-electron chi connectivity index (χ2n) is 6.63. The normalized spacial score (nSPS) is 33.4.